The van der Waals surface area contributed by atoms with Gasteiger partial charge in [-0.05, 0) is 30.3 Å². The van der Waals surface area contributed by atoms with Gasteiger partial charge in [0, 0.05) is 18.3 Å². The minimum absolute atomic E-state index is 0.272. The number of ether oxygens (including phenoxy) is 1. The molecule has 20 heavy (non-hydrogen) atoms. The maximum absolute atomic E-state index is 13.0. The number of benzene rings is 2. The van der Waals surface area contributed by atoms with Gasteiger partial charge in [-0.3, -0.25) is 0 Å². The van der Waals surface area contributed by atoms with Gasteiger partial charge in [-0.2, -0.15) is 5.26 Å². The van der Waals surface area contributed by atoms with Crippen LogP contribution in [0.25, 0.3) is 0 Å². The third-order valence-electron chi connectivity index (χ3n) is 2.65. The number of halogens is 1. The first-order valence-corrected chi connectivity index (χ1v) is 6.11. The largest absolute Gasteiger partial charge is 0.492 e. The lowest BCUT2D eigenvalue weighted by atomic mass is 10.2. The van der Waals surface area contributed by atoms with Gasteiger partial charge in [-0.25, -0.2) is 4.39 Å². The molecule has 0 heterocycles. The van der Waals surface area contributed by atoms with Crippen LogP contribution in [0.4, 0.5) is 15.8 Å². The molecule has 2 aromatic rings. The van der Waals surface area contributed by atoms with Crippen LogP contribution >= 0.6 is 0 Å². The number of hydrogen-bond acceptors (Lipinski definition) is 4. The summed E-state index contributed by atoms with van der Waals surface area (Å²) in [5.74, 6) is 0.259. The van der Waals surface area contributed by atoms with Gasteiger partial charge in [-0.1, -0.05) is 6.07 Å². The molecule has 5 heteroatoms. The lowest BCUT2D eigenvalue weighted by molar-refractivity contribution is 0.333. The molecular formula is C15H14FN3O. The number of nitrogens with one attached hydrogen (secondary N) is 1. The zero-order valence-corrected chi connectivity index (χ0v) is 10.8. The molecule has 0 radical (unpaired) electrons. The van der Waals surface area contributed by atoms with E-state index in [0.717, 1.165) is 0 Å². The topological polar surface area (TPSA) is 71.1 Å². The summed E-state index contributed by atoms with van der Waals surface area (Å²) in [7, 11) is 0. The van der Waals surface area contributed by atoms with Crippen molar-refractivity contribution in [1.82, 2.24) is 0 Å². The van der Waals surface area contributed by atoms with Crippen LogP contribution in [0.5, 0.6) is 5.75 Å². The Morgan fingerprint density at radius 1 is 1.25 bits per heavy atom. The van der Waals surface area contributed by atoms with Crippen molar-refractivity contribution >= 4 is 11.4 Å². The molecule has 3 N–H and O–H groups in total. The van der Waals surface area contributed by atoms with Gasteiger partial charge in [0.1, 0.15) is 24.2 Å². The highest BCUT2D eigenvalue weighted by molar-refractivity contribution is 5.57. The third-order valence-corrected chi connectivity index (χ3v) is 2.65. The second-order valence-electron chi connectivity index (χ2n) is 4.15. The fraction of sp³-hybridized carbons (Fsp3) is 0.133. The Kier molecular flexibility index (Phi) is 4.40. The normalized spacial score (nSPS) is 9.80. The minimum Gasteiger partial charge on any atom is -0.492 e. The van der Waals surface area contributed by atoms with E-state index in [1.165, 1.54) is 18.2 Å². The Hall–Kier alpha value is -2.74. The van der Waals surface area contributed by atoms with Gasteiger partial charge in [0.2, 0.25) is 0 Å². The summed E-state index contributed by atoms with van der Waals surface area (Å²) in [5.41, 5.74) is 7.14. The maximum atomic E-state index is 13.0. The standard InChI is InChI=1S/C15H14FN3O/c16-12-4-5-15(11(8-12)10-17)19-6-7-20-14-3-1-2-13(18)9-14/h1-5,8-9,19H,6-7,18H2. The smallest absolute Gasteiger partial charge is 0.124 e. The molecule has 0 amide bonds. The van der Waals surface area contributed by atoms with Crippen LogP contribution in [0.3, 0.4) is 0 Å². The molecule has 0 aromatic heterocycles. The number of rotatable bonds is 5. The summed E-state index contributed by atoms with van der Waals surface area (Å²) in [6, 6.07) is 13.1. The van der Waals surface area contributed by atoms with Crippen LogP contribution < -0.4 is 15.8 Å². The van der Waals surface area contributed by atoms with E-state index in [-0.39, 0.29) is 5.56 Å². The lowest BCUT2D eigenvalue weighted by Gasteiger charge is -2.10. The Labute approximate surface area is 116 Å². The van der Waals surface area contributed by atoms with Crippen LogP contribution in [-0.2, 0) is 0 Å². The first-order valence-electron chi connectivity index (χ1n) is 6.11. The Bertz CT molecular complexity index is 637. The number of nitriles is 1. The molecule has 0 unspecified atom stereocenters. The summed E-state index contributed by atoms with van der Waals surface area (Å²) < 4.78 is 18.5. The van der Waals surface area contributed by atoms with Crippen LogP contribution in [0.2, 0.25) is 0 Å². The van der Waals surface area contributed by atoms with Crippen molar-refractivity contribution in [2.24, 2.45) is 0 Å². The first-order chi connectivity index (χ1) is 9.69. The van der Waals surface area contributed by atoms with Gasteiger partial charge in [0.05, 0.1) is 11.3 Å². The third kappa shape index (κ3) is 3.62. The van der Waals surface area contributed by atoms with E-state index in [0.29, 0.717) is 30.3 Å². The molecule has 0 saturated carbocycles. The van der Waals surface area contributed by atoms with Gasteiger partial charge < -0.3 is 15.8 Å². The zero-order valence-electron chi connectivity index (χ0n) is 10.8. The molecule has 0 atom stereocenters. The Morgan fingerprint density at radius 3 is 2.85 bits per heavy atom. The summed E-state index contributed by atoms with van der Waals surface area (Å²) in [5, 5.41) is 11.9. The Balaban J connectivity index is 1.86. The van der Waals surface area contributed by atoms with Crippen LogP contribution in [0.15, 0.2) is 42.5 Å². The predicted octanol–water partition coefficient (Wildman–Crippen LogP) is 2.77. The van der Waals surface area contributed by atoms with Crippen LogP contribution in [0.1, 0.15) is 5.56 Å². The number of anilines is 2. The molecule has 0 fully saturated rings. The van der Waals surface area contributed by atoms with E-state index >= 15 is 0 Å². The van der Waals surface area contributed by atoms with E-state index in [1.54, 1.807) is 12.1 Å². The molecule has 4 nitrogen and oxygen atoms in total. The fourth-order valence-electron chi connectivity index (χ4n) is 1.72. The lowest BCUT2D eigenvalue weighted by Crippen LogP contribution is -2.12. The van der Waals surface area contributed by atoms with Crippen LogP contribution in [0, 0.1) is 17.1 Å². The fourth-order valence-corrected chi connectivity index (χ4v) is 1.72. The van der Waals surface area contributed by atoms with E-state index < -0.39 is 5.82 Å². The van der Waals surface area contributed by atoms with Gasteiger partial charge in [-0.15, -0.1) is 0 Å². The second-order valence-corrected chi connectivity index (χ2v) is 4.15. The van der Waals surface area contributed by atoms with Crippen LogP contribution in [-0.4, -0.2) is 13.2 Å². The molecule has 0 spiro atoms. The monoisotopic (exact) mass is 271 g/mol. The number of nitrogens with two attached hydrogens (primary N) is 1. The maximum Gasteiger partial charge on any atom is 0.124 e. The molecule has 2 rings (SSSR count). The first kappa shape index (κ1) is 13.7. The molecule has 0 saturated heterocycles. The molecule has 0 aliphatic heterocycles. The quantitative estimate of drug-likeness (QED) is 0.648. The number of nitrogen functional groups attached to an aromatic ring is 1. The van der Waals surface area contributed by atoms with E-state index in [1.807, 2.05) is 18.2 Å². The molecule has 102 valence electrons. The highest BCUT2D eigenvalue weighted by Gasteiger charge is 2.03. The van der Waals surface area contributed by atoms with Crippen molar-refractivity contribution in [2.75, 3.05) is 24.2 Å². The highest BCUT2D eigenvalue weighted by Crippen LogP contribution is 2.16. The van der Waals surface area contributed by atoms with Gasteiger partial charge >= 0.3 is 0 Å². The zero-order chi connectivity index (χ0) is 14.4. The van der Waals surface area contributed by atoms with Crippen molar-refractivity contribution in [1.29, 1.82) is 5.26 Å². The molecule has 0 aliphatic carbocycles. The minimum atomic E-state index is -0.428. The summed E-state index contributed by atoms with van der Waals surface area (Å²) in [4.78, 5) is 0. The second kappa shape index (κ2) is 6.43. The number of nitrogens with zero attached hydrogens (tertiary/aromatic N) is 1. The number of hydrogen-bond donors (Lipinski definition) is 2. The van der Waals surface area contributed by atoms with Crippen molar-refractivity contribution in [3.8, 4) is 11.8 Å². The Morgan fingerprint density at radius 2 is 2.10 bits per heavy atom. The summed E-state index contributed by atoms with van der Waals surface area (Å²) >= 11 is 0. The summed E-state index contributed by atoms with van der Waals surface area (Å²) in [6.07, 6.45) is 0. The molecule has 0 bridgehead atoms. The summed E-state index contributed by atoms with van der Waals surface area (Å²) in [6.45, 7) is 0.904. The highest BCUT2D eigenvalue weighted by atomic mass is 19.1. The van der Waals surface area contributed by atoms with E-state index in [4.69, 9.17) is 15.7 Å². The van der Waals surface area contributed by atoms with Gasteiger partial charge in [0.25, 0.3) is 0 Å². The molecule has 0 aliphatic rings. The van der Waals surface area contributed by atoms with Crippen molar-refractivity contribution in [2.45, 2.75) is 0 Å². The average Bonchev–Trinajstić information content (AvgIpc) is 2.45. The van der Waals surface area contributed by atoms with E-state index in [9.17, 15) is 4.39 Å². The van der Waals surface area contributed by atoms with E-state index in [2.05, 4.69) is 5.32 Å². The van der Waals surface area contributed by atoms with Gasteiger partial charge in [0.15, 0.2) is 0 Å². The van der Waals surface area contributed by atoms with Crippen molar-refractivity contribution < 1.29 is 9.13 Å². The molecular weight excluding hydrogens is 257 g/mol. The predicted molar refractivity (Wildman–Crippen MR) is 76.0 cm³/mol. The SMILES string of the molecule is N#Cc1cc(F)ccc1NCCOc1cccc(N)c1. The molecule has 2 aromatic carbocycles. The van der Waals surface area contributed by atoms with Crippen molar-refractivity contribution in [3.05, 3.63) is 53.8 Å². The average molecular weight is 271 g/mol. The van der Waals surface area contributed by atoms with Crippen molar-refractivity contribution in [3.63, 3.8) is 0 Å².